The van der Waals surface area contributed by atoms with Gasteiger partial charge in [-0.1, -0.05) is 12.1 Å². The first-order valence-electron chi connectivity index (χ1n) is 5.96. The van der Waals surface area contributed by atoms with E-state index in [1.54, 1.807) is 6.92 Å². The average molecular weight is 256 g/mol. The van der Waals surface area contributed by atoms with Crippen molar-refractivity contribution in [2.45, 2.75) is 13.8 Å². The van der Waals surface area contributed by atoms with E-state index in [1.807, 2.05) is 38.2 Å². The summed E-state index contributed by atoms with van der Waals surface area (Å²) in [5.74, 6) is -0.557. The highest BCUT2D eigenvalue weighted by atomic mass is 16.1. The Morgan fingerprint density at radius 2 is 1.74 bits per heavy atom. The zero-order valence-electron chi connectivity index (χ0n) is 11.2. The highest BCUT2D eigenvalue weighted by molar-refractivity contribution is 5.92. The SMILES string of the molecule is CNc1ccc(-c2nc(C(N)=O)c(C)nc2C)cc1. The molecule has 0 bridgehead atoms. The number of amides is 1. The third-order valence-electron chi connectivity index (χ3n) is 2.92. The predicted octanol–water partition coefficient (Wildman–Crippen LogP) is 1.90. The van der Waals surface area contributed by atoms with Crippen molar-refractivity contribution in [3.05, 3.63) is 41.3 Å². The molecular formula is C14H16N4O. The number of primary amides is 1. The lowest BCUT2D eigenvalue weighted by Crippen LogP contribution is -2.17. The zero-order chi connectivity index (χ0) is 14.0. The third kappa shape index (κ3) is 2.54. The molecule has 5 heteroatoms. The molecule has 5 nitrogen and oxygen atoms in total. The Balaban J connectivity index is 2.54. The number of anilines is 1. The van der Waals surface area contributed by atoms with Gasteiger partial charge in [0.2, 0.25) is 0 Å². The molecule has 2 aromatic rings. The van der Waals surface area contributed by atoms with Crippen LogP contribution in [0, 0.1) is 13.8 Å². The number of aromatic nitrogens is 2. The number of nitrogens with one attached hydrogen (secondary N) is 1. The summed E-state index contributed by atoms with van der Waals surface area (Å²) in [7, 11) is 1.86. The topological polar surface area (TPSA) is 80.9 Å². The van der Waals surface area contributed by atoms with Gasteiger partial charge in [-0.25, -0.2) is 4.98 Å². The molecule has 19 heavy (non-hydrogen) atoms. The monoisotopic (exact) mass is 256 g/mol. The van der Waals surface area contributed by atoms with E-state index in [9.17, 15) is 4.79 Å². The molecule has 0 aliphatic heterocycles. The number of benzene rings is 1. The second-order valence-electron chi connectivity index (χ2n) is 4.28. The largest absolute Gasteiger partial charge is 0.388 e. The number of aryl methyl sites for hydroxylation is 2. The zero-order valence-corrected chi connectivity index (χ0v) is 11.2. The molecule has 0 atom stereocenters. The predicted molar refractivity (Wildman–Crippen MR) is 75.0 cm³/mol. The molecule has 0 aliphatic carbocycles. The Bertz CT molecular complexity index is 620. The van der Waals surface area contributed by atoms with E-state index in [-0.39, 0.29) is 5.69 Å². The summed E-state index contributed by atoms with van der Waals surface area (Å²) < 4.78 is 0. The molecule has 0 unspecified atom stereocenters. The fourth-order valence-electron chi connectivity index (χ4n) is 1.93. The minimum absolute atomic E-state index is 0.221. The molecule has 1 aromatic carbocycles. The summed E-state index contributed by atoms with van der Waals surface area (Å²) in [6.07, 6.45) is 0. The van der Waals surface area contributed by atoms with Gasteiger partial charge in [0, 0.05) is 18.3 Å². The van der Waals surface area contributed by atoms with E-state index in [4.69, 9.17) is 5.73 Å². The van der Waals surface area contributed by atoms with Gasteiger partial charge in [0.25, 0.3) is 5.91 Å². The van der Waals surface area contributed by atoms with E-state index in [0.717, 1.165) is 16.9 Å². The van der Waals surface area contributed by atoms with Crippen LogP contribution in [0.2, 0.25) is 0 Å². The molecule has 2 rings (SSSR count). The van der Waals surface area contributed by atoms with Gasteiger partial charge in [-0.15, -0.1) is 0 Å². The summed E-state index contributed by atoms with van der Waals surface area (Å²) in [6.45, 7) is 3.60. The van der Waals surface area contributed by atoms with Crippen LogP contribution in [0.15, 0.2) is 24.3 Å². The van der Waals surface area contributed by atoms with Gasteiger partial charge >= 0.3 is 0 Å². The van der Waals surface area contributed by atoms with Gasteiger partial charge in [0.1, 0.15) is 5.69 Å². The Hall–Kier alpha value is -2.43. The van der Waals surface area contributed by atoms with Gasteiger partial charge < -0.3 is 11.1 Å². The quantitative estimate of drug-likeness (QED) is 0.878. The summed E-state index contributed by atoms with van der Waals surface area (Å²) in [5, 5.41) is 3.05. The van der Waals surface area contributed by atoms with Crippen molar-refractivity contribution in [3.63, 3.8) is 0 Å². The van der Waals surface area contributed by atoms with Crippen LogP contribution in [0.4, 0.5) is 5.69 Å². The van der Waals surface area contributed by atoms with Crippen LogP contribution in [0.25, 0.3) is 11.3 Å². The Morgan fingerprint density at radius 3 is 2.26 bits per heavy atom. The van der Waals surface area contributed by atoms with Gasteiger partial charge in [-0.05, 0) is 26.0 Å². The molecule has 3 N–H and O–H groups in total. The van der Waals surface area contributed by atoms with Crippen molar-refractivity contribution in [2.24, 2.45) is 5.73 Å². The van der Waals surface area contributed by atoms with Crippen LogP contribution >= 0.6 is 0 Å². The van der Waals surface area contributed by atoms with Gasteiger partial charge in [-0.3, -0.25) is 9.78 Å². The number of carbonyl (C=O) groups excluding carboxylic acids is 1. The molecule has 0 radical (unpaired) electrons. The highest BCUT2D eigenvalue weighted by Crippen LogP contribution is 2.22. The second kappa shape index (κ2) is 5.06. The summed E-state index contributed by atoms with van der Waals surface area (Å²) >= 11 is 0. The minimum Gasteiger partial charge on any atom is -0.388 e. The maximum Gasteiger partial charge on any atom is 0.269 e. The Labute approximate surface area is 111 Å². The molecule has 0 saturated carbocycles. The van der Waals surface area contributed by atoms with Crippen molar-refractivity contribution in [3.8, 4) is 11.3 Å². The lowest BCUT2D eigenvalue weighted by Gasteiger charge is -2.09. The number of nitrogens with two attached hydrogens (primary N) is 1. The van der Waals surface area contributed by atoms with E-state index in [2.05, 4.69) is 15.3 Å². The molecular weight excluding hydrogens is 240 g/mol. The molecule has 98 valence electrons. The lowest BCUT2D eigenvalue weighted by molar-refractivity contribution is 0.0994. The fourth-order valence-corrected chi connectivity index (χ4v) is 1.93. The van der Waals surface area contributed by atoms with E-state index < -0.39 is 5.91 Å². The Morgan fingerprint density at radius 1 is 1.11 bits per heavy atom. The minimum atomic E-state index is -0.557. The second-order valence-corrected chi connectivity index (χ2v) is 4.28. The molecule has 0 saturated heterocycles. The fraction of sp³-hybridized carbons (Fsp3) is 0.214. The number of carbonyl (C=O) groups is 1. The number of hydrogen-bond acceptors (Lipinski definition) is 4. The van der Waals surface area contributed by atoms with Crippen molar-refractivity contribution >= 4 is 11.6 Å². The highest BCUT2D eigenvalue weighted by Gasteiger charge is 2.13. The smallest absolute Gasteiger partial charge is 0.269 e. The molecule has 1 amide bonds. The van der Waals surface area contributed by atoms with Gasteiger partial charge in [-0.2, -0.15) is 0 Å². The van der Waals surface area contributed by atoms with Crippen molar-refractivity contribution in [2.75, 3.05) is 12.4 Å². The van der Waals surface area contributed by atoms with Crippen molar-refractivity contribution in [1.82, 2.24) is 9.97 Å². The summed E-state index contributed by atoms with van der Waals surface area (Å²) in [4.78, 5) is 20.0. The maximum absolute atomic E-state index is 11.3. The molecule has 1 aromatic heterocycles. The molecule has 1 heterocycles. The van der Waals surface area contributed by atoms with Crippen LogP contribution < -0.4 is 11.1 Å². The van der Waals surface area contributed by atoms with Crippen LogP contribution in [0.1, 0.15) is 21.9 Å². The molecule has 0 spiro atoms. The van der Waals surface area contributed by atoms with Crippen LogP contribution in [0.3, 0.4) is 0 Å². The first-order valence-corrected chi connectivity index (χ1v) is 5.96. The number of rotatable bonds is 3. The molecule has 0 aliphatic rings. The van der Waals surface area contributed by atoms with Crippen LogP contribution in [-0.2, 0) is 0 Å². The standard InChI is InChI=1S/C14H16N4O/c1-8-12(10-4-6-11(16-3)7-5-10)18-13(14(15)19)9(2)17-8/h4-7,16H,1-3H3,(H2,15,19). The summed E-state index contributed by atoms with van der Waals surface area (Å²) in [5.41, 5.74) is 9.46. The van der Waals surface area contributed by atoms with Crippen molar-refractivity contribution in [1.29, 1.82) is 0 Å². The average Bonchev–Trinajstić information content (AvgIpc) is 2.38. The first kappa shape index (κ1) is 13.0. The Kier molecular flexibility index (Phi) is 3.46. The summed E-state index contributed by atoms with van der Waals surface area (Å²) in [6, 6.07) is 7.76. The maximum atomic E-state index is 11.3. The first-order chi connectivity index (χ1) is 9.02. The van der Waals surface area contributed by atoms with E-state index >= 15 is 0 Å². The third-order valence-corrected chi connectivity index (χ3v) is 2.92. The van der Waals surface area contributed by atoms with Gasteiger partial charge in [0.05, 0.1) is 17.1 Å². The van der Waals surface area contributed by atoms with Crippen molar-refractivity contribution < 1.29 is 4.79 Å². The van der Waals surface area contributed by atoms with E-state index in [1.165, 1.54) is 0 Å². The lowest BCUT2D eigenvalue weighted by atomic mass is 10.1. The molecule has 0 fully saturated rings. The van der Waals surface area contributed by atoms with Crippen LogP contribution in [0.5, 0.6) is 0 Å². The van der Waals surface area contributed by atoms with E-state index in [0.29, 0.717) is 11.4 Å². The number of nitrogens with zero attached hydrogens (tertiary/aromatic N) is 2. The normalized spacial score (nSPS) is 10.3. The van der Waals surface area contributed by atoms with Gasteiger partial charge in [0.15, 0.2) is 0 Å². The number of hydrogen-bond donors (Lipinski definition) is 2. The van der Waals surface area contributed by atoms with Crippen LogP contribution in [-0.4, -0.2) is 22.9 Å².